The Morgan fingerprint density at radius 3 is 2.64 bits per heavy atom. The van der Waals surface area contributed by atoms with Gasteiger partial charge in [0.2, 0.25) is 0 Å². The fourth-order valence-corrected chi connectivity index (χ4v) is 3.98. The smallest absolute Gasteiger partial charge is 0.324 e. The van der Waals surface area contributed by atoms with Crippen LogP contribution in [0, 0.1) is 17.0 Å². The Labute approximate surface area is 136 Å². The normalized spacial score (nSPS) is 12.2. The number of aromatic nitrogens is 1. The Morgan fingerprint density at radius 2 is 2.14 bits per heavy atom. The van der Waals surface area contributed by atoms with E-state index in [0.29, 0.717) is 4.88 Å². The van der Waals surface area contributed by atoms with Gasteiger partial charge in [0.1, 0.15) is 0 Å². The van der Waals surface area contributed by atoms with Crippen LogP contribution in [0.1, 0.15) is 45.1 Å². The van der Waals surface area contributed by atoms with Gasteiger partial charge in [0, 0.05) is 18.0 Å². The van der Waals surface area contributed by atoms with Crippen molar-refractivity contribution in [1.29, 1.82) is 0 Å². The number of carbonyl (C=O) groups is 1. The second-order valence-electron chi connectivity index (χ2n) is 4.90. The van der Waals surface area contributed by atoms with Crippen LogP contribution in [0.2, 0.25) is 0 Å². The number of aryl methyl sites for hydroxylation is 2. The molecular formula is C14H17N3O3S2. The van der Waals surface area contributed by atoms with Crippen LogP contribution in [-0.2, 0) is 6.42 Å². The van der Waals surface area contributed by atoms with Crippen molar-refractivity contribution in [2.75, 3.05) is 7.05 Å². The molecule has 0 aliphatic carbocycles. The third-order valence-electron chi connectivity index (χ3n) is 3.44. The Morgan fingerprint density at radius 1 is 1.45 bits per heavy atom. The first-order valence-electron chi connectivity index (χ1n) is 6.82. The quantitative estimate of drug-likeness (QED) is 0.613. The lowest BCUT2D eigenvalue weighted by Crippen LogP contribution is -2.28. The molecular weight excluding hydrogens is 322 g/mol. The number of hydrogen-bond donors (Lipinski definition) is 0. The van der Waals surface area contributed by atoms with E-state index in [9.17, 15) is 14.9 Å². The van der Waals surface area contributed by atoms with Crippen molar-refractivity contribution >= 4 is 33.6 Å². The first-order valence-corrected chi connectivity index (χ1v) is 8.46. The fraction of sp³-hybridized carbons (Fsp3) is 0.429. The molecule has 0 saturated heterocycles. The fourth-order valence-electron chi connectivity index (χ4n) is 2.07. The third kappa shape index (κ3) is 3.17. The van der Waals surface area contributed by atoms with Crippen molar-refractivity contribution in [3.8, 4) is 0 Å². The van der Waals surface area contributed by atoms with Gasteiger partial charge in [-0.1, -0.05) is 18.3 Å². The van der Waals surface area contributed by atoms with E-state index in [1.165, 1.54) is 12.1 Å². The number of nitrogens with zero attached hydrogens (tertiary/aromatic N) is 3. The van der Waals surface area contributed by atoms with Crippen LogP contribution < -0.4 is 0 Å². The number of thiophene rings is 1. The van der Waals surface area contributed by atoms with Crippen LogP contribution in [0.15, 0.2) is 12.1 Å². The maximum absolute atomic E-state index is 12.5. The van der Waals surface area contributed by atoms with Crippen molar-refractivity contribution in [2.45, 2.75) is 33.2 Å². The van der Waals surface area contributed by atoms with Crippen LogP contribution in [0.3, 0.4) is 0 Å². The number of amides is 1. The van der Waals surface area contributed by atoms with Crippen molar-refractivity contribution in [3.63, 3.8) is 0 Å². The molecule has 0 spiro atoms. The number of nitro groups is 1. The molecule has 0 N–H and O–H groups in total. The molecule has 0 bridgehead atoms. The van der Waals surface area contributed by atoms with E-state index >= 15 is 0 Å². The van der Waals surface area contributed by atoms with Crippen LogP contribution in [-0.4, -0.2) is 27.8 Å². The third-order valence-corrected chi connectivity index (χ3v) is 5.94. The van der Waals surface area contributed by atoms with Gasteiger partial charge in [-0.25, -0.2) is 4.98 Å². The second-order valence-corrected chi connectivity index (χ2v) is 7.08. The highest BCUT2D eigenvalue weighted by Crippen LogP contribution is 2.31. The number of hydrogen-bond acceptors (Lipinski definition) is 6. The van der Waals surface area contributed by atoms with E-state index in [0.717, 1.165) is 33.3 Å². The minimum absolute atomic E-state index is 0.0216. The van der Waals surface area contributed by atoms with Crippen molar-refractivity contribution in [1.82, 2.24) is 9.88 Å². The summed E-state index contributed by atoms with van der Waals surface area (Å²) in [6.07, 6.45) is 0.868. The average molecular weight is 339 g/mol. The summed E-state index contributed by atoms with van der Waals surface area (Å²) in [5.74, 6) is -0.212. The van der Waals surface area contributed by atoms with E-state index in [1.807, 2.05) is 20.8 Å². The minimum atomic E-state index is -0.480. The van der Waals surface area contributed by atoms with Crippen LogP contribution in [0.4, 0.5) is 5.00 Å². The molecule has 0 aromatic carbocycles. The Balaban J connectivity index is 2.21. The van der Waals surface area contributed by atoms with Gasteiger partial charge in [-0.05, 0) is 26.3 Å². The Kier molecular flexibility index (Phi) is 4.92. The summed E-state index contributed by atoms with van der Waals surface area (Å²) in [5, 5.41) is 11.8. The number of rotatable bonds is 5. The first kappa shape index (κ1) is 16.6. The highest BCUT2D eigenvalue weighted by atomic mass is 32.1. The zero-order valence-corrected chi connectivity index (χ0v) is 14.5. The molecule has 8 heteroatoms. The summed E-state index contributed by atoms with van der Waals surface area (Å²) < 4.78 is 0. The summed E-state index contributed by atoms with van der Waals surface area (Å²) in [4.78, 5) is 30.2. The molecule has 118 valence electrons. The summed E-state index contributed by atoms with van der Waals surface area (Å²) in [6, 6.07) is 2.75. The predicted molar refractivity (Wildman–Crippen MR) is 87.7 cm³/mol. The van der Waals surface area contributed by atoms with Gasteiger partial charge in [-0.3, -0.25) is 14.9 Å². The molecule has 2 aromatic heterocycles. The lowest BCUT2D eigenvalue weighted by Gasteiger charge is -2.23. The molecule has 0 saturated carbocycles. The summed E-state index contributed by atoms with van der Waals surface area (Å²) >= 11 is 2.51. The molecule has 6 nitrogen and oxygen atoms in total. The maximum Gasteiger partial charge on any atom is 0.324 e. The van der Waals surface area contributed by atoms with Crippen LogP contribution in [0.5, 0.6) is 0 Å². The zero-order valence-electron chi connectivity index (χ0n) is 12.8. The van der Waals surface area contributed by atoms with Crippen molar-refractivity contribution < 1.29 is 9.72 Å². The molecule has 0 aliphatic heterocycles. The van der Waals surface area contributed by atoms with E-state index < -0.39 is 4.92 Å². The van der Waals surface area contributed by atoms with Crippen molar-refractivity contribution in [2.24, 2.45) is 0 Å². The molecule has 1 unspecified atom stereocenters. The van der Waals surface area contributed by atoms with Crippen LogP contribution >= 0.6 is 22.7 Å². The summed E-state index contributed by atoms with van der Waals surface area (Å²) in [7, 11) is 1.71. The summed E-state index contributed by atoms with van der Waals surface area (Å²) in [5.41, 5.74) is 0.936. The summed E-state index contributed by atoms with van der Waals surface area (Å²) in [6.45, 7) is 5.93. The van der Waals surface area contributed by atoms with Gasteiger partial charge >= 0.3 is 5.00 Å². The topological polar surface area (TPSA) is 76.3 Å². The highest BCUT2D eigenvalue weighted by molar-refractivity contribution is 7.17. The monoisotopic (exact) mass is 339 g/mol. The van der Waals surface area contributed by atoms with E-state index in [4.69, 9.17) is 0 Å². The molecule has 0 radical (unpaired) electrons. The Hall–Kier alpha value is -1.80. The zero-order chi connectivity index (χ0) is 16.4. The van der Waals surface area contributed by atoms with Gasteiger partial charge in [0.05, 0.1) is 26.5 Å². The van der Waals surface area contributed by atoms with Gasteiger partial charge in [0.15, 0.2) is 0 Å². The lowest BCUT2D eigenvalue weighted by atomic mass is 10.2. The van der Waals surface area contributed by atoms with Gasteiger partial charge in [-0.15, -0.1) is 11.3 Å². The first-order chi connectivity index (χ1) is 10.3. The van der Waals surface area contributed by atoms with Crippen molar-refractivity contribution in [3.05, 3.63) is 42.7 Å². The molecule has 0 fully saturated rings. The molecule has 1 atom stereocenters. The molecule has 2 rings (SSSR count). The van der Waals surface area contributed by atoms with Gasteiger partial charge in [-0.2, -0.15) is 0 Å². The van der Waals surface area contributed by atoms with E-state index in [2.05, 4.69) is 4.98 Å². The molecule has 0 aliphatic rings. The second kappa shape index (κ2) is 6.53. The molecule has 2 heterocycles. The van der Waals surface area contributed by atoms with Crippen LogP contribution in [0.25, 0.3) is 0 Å². The number of thiazole rings is 1. The van der Waals surface area contributed by atoms with Gasteiger partial charge < -0.3 is 4.90 Å². The Bertz CT molecular complexity index is 708. The maximum atomic E-state index is 12.5. The van der Waals surface area contributed by atoms with E-state index in [1.54, 1.807) is 23.3 Å². The highest BCUT2D eigenvalue weighted by Gasteiger charge is 2.25. The van der Waals surface area contributed by atoms with E-state index in [-0.39, 0.29) is 17.0 Å². The lowest BCUT2D eigenvalue weighted by molar-refractivity contribution is -0.380. The molecule has 2 aromatic rings. The average Bonchev–Trinajstić information content (AvgIpc) is 3.11. The standard InChI is InChI=1S/C14H17N3O3S2/c1-5-11-15-8(2)13(22-11)9(3)16(4)14(18)10-6-7-12(21-10)17(19)20/h6-7,9H,5H2,1-4H3. The predicted octanol–water partition coefficient (Wildman–Crippen LogP) is 3.82. The minimum Gasteiger partial charge on any atom is -0.333 e. The van der Waals surface area contributed by atoms with Gasteiger partial charge in [0.25, 0.3) is 5.91 Å². The molecule has 1 amide bonds. The molecule has 22 heavy (non-hydrogen) atoms. The SMILES string of the molecule is CCc1nc(C)c(C(C)N(C)C(=O)c2ccc([N+](=O)[O-])s2)s1. The number of carbonyl (C=O) groups excluding carboxylic acids is 1. The largest absolute Gasteiger partial charge is 0.333 e.